The number of nitrogens with zero attached hydrogens (tertiary/aromatic N) is 1. The molecule has 0 saturated carbocycles. The van der Waals surface area contributed by atoms with Crippen molar-refractivity contribution in [3.05, 3.63) is 68.2 Å². The summed E-state index contributed by atoms with van der Waals surface area (Å²) in [7, 11) is 0. The van der Waals surface area contributed by atoms with E-state index in [-0.39, 0.29) is 16.7 Å². The first-order valence-electron chi connectivity index (χ1n) is 6.24. The van der Waals surface area contributed by atoms with Gasteiger partial charge in [0.05, 0.1) is 4.92 Å². The van der Waals surface area contributed by atoms with Crippen LogP contribution in [0.15, 0.2) is 46.9 Å². The van der Waals surface area contributed by atoms with Gasteiger partial charge in [-0.1, -0.05) is 28.1 Å². The molecule has 0 heterocycles. The van der Waals surface area contributed by atoms with Crippen LogP contribution in [0.5, 0.6) is 0 Å². The Hall–Kier alpha value is -1.88. The van der Waals surface area contributed by atoms with E-state index in [0.29, 0.717) is 0 Å². The average molecular weight is 335 g/mol. The summed E-state index contributed by atoms with van der Waals surface area (Å²) in [5.41, 5.74) is 3.30. The zero-order valence-corrected chi connectivity index (χ0v) is 12.8. The summed E-state index contributed by atoms with van der Waals surface area (Å²) in [6.07, 6.45) is 0. The highest BCUT2D eigenvalue weighted by Gasteiger charge is 2.09. The van der Waals surface area contributed by atoms with Gasteiger partial charge in [-0.3, -0.25) is 10.1 Å². The van der Waals surface area contributed by atoms with E-state index in [2.05, 4.69) is 27.3 Å². The van der Waals surface area contributed by atoms with E-state index in [4.69, 9.17) is 0 Å². The van der Waals surface area contributed by atoms with Crippen LogP contribution in [0.2, 0.25) is 0 Å². The summed E-state index contributed by atoms with van der Waals surface area (Å²) in [6, 6.07) is 12.8. The standard InChI is InChI=1S/C15H15BrN2O2/c1-10-7-13(16)9-14(8-10)17-11(2)12-3-5-15(6-4-12)18(19)20/h3-9,11,17H,1-2H3. The van der Waals surface area contributed by atoms with Crippen molar-refractivity contribution >= 4 is 27.3 Å². The number of rotatable bonds is 4. The highest BCUT2D eigenvalue weighted by Crippen LogP contribution is 2.24. The molecule has 2 aromatic rings. The van der Waals surface area contributed by atoms with Gasteiger partial charge in [-0.05, 0) is 43.2 Å². The van der Waals surface area contributed by atoms with Crippen molar-refractivity contribution in [2.24, 2.45) is 0 Å². The van der Waals surface area contributed by atoms with Crippen molar-refractivity contribution in [1.29, 1.82) is 0 Å². The number of hydrogen-bond donors (Lipinski definition) is 1. The molecule has 1 unspecified atom stereocenters. The Morgan fingerprint density at radius 2 is 1.85 bits per heavy atom. The van der Waals surface area contributed by atoms with Gasteiger partial charge in [-0.25, -0.2) is 0 Å². The Bertz CT molecular complexity index is 606. The third-order valence-corrected chi connectivity index (χ3v) is 3.49. The number of nitrogens with one attached hydrogen (secondary N) is 1. The van der Waals surface area contributed by atoms with Gasteiger partial charge in [0, 0.05) is 28.3 Å². The fourth-order valence-corrected chi connectivity index (χ4v) is 2.65. The van der Waals surface area contributed by atoms with Gasteiger partial charge in [0.15, 0.2) is 0 Å². The maximum absolute atomic E-state index is 10.6. The molecule has 0 aliphatic carbocycles. The predicted molar refractivity (Wildman–Crippen MR) is 84.0 cm³/mol. The van der Waals surface area contributed by atoms with E-state index in [1.807, 2.05) is 26.0 Å². The van der Waals surface area contributed by atoms with E-state index in [1.165, 1.54) is 12.1 Å². The molecule has 1 atom stereocenters. The normalized spacial score (nSPS) is 11.9. The first kappa shape index (κ1) is 14.5. The van der Waals surface area contributed by atoms with Gasteiger partial charge in [0.2, 0.25) is 0 Å². The zero-order valence-electron chi connectivity index (χ0n) is 11.3. The lowest BCUT2D eigenvalue weighted by molar-refractivity contribution is -0.384. The largest absolute Gasteiger partial charge is 0.378 e. The van der Waals surface area contributed by atoms with Crippen LogP contribution in [0.25, 0.3) is 0 Å². The highest BCUT2D eigenvalue weighted by molar-refractivity contribution is 9.10. The molecule has 0 aliphatic heterocycles. The molecule has 20 heavy (non-hydrogen) atoms. The van der Waals surface area contributed by atoms with E-state index < -0.39 is 0 Å². The molecule has 0 aliphatic rings. The van der Waals surface area contributed by atoms with Gasteiger partial charge in [-0.2, -0.15) is 0 Å². The molecule has 0 bridgehead atoms. The third kappa shape index (κ3) is 3.57. The molecule has 0 aromatic heterocycles. The minimum absolute atomic E-state index is 0.0736. The van der Waals surface area contributed by atoms with Gasteiger partial charge < -0.3 is 5.32 Å². The second-order valence-corrected chi connectivity index (χ2v) is 5.65. The topological polar surface area (TPSA) is 55.2 Å². The van der Waals surface area contributed by atoms with Crippen molar-refractivity contribution in [2.75, 3.05) is 5.32 Å². The molecule has 5 heteroatoms. The van der Waals surface area contributed by atoms with E-state index in [1.54, 1.807) is 12.1 Å². The number of non-ortho nitro benzene ring substituents is 1. The Morgan fingerprint density at radius 3 is 2.40 bits per heavy atom. The lowest BCUT2D eigenvalue weighted by Gasteiger charge is -2.16. The van der Waals surface area contributed by atoms with Crippen LogP contribution in [0.3, 0.4) is 0 Å². The minimum Gasteiger partial charge on any atom is -0.378 e. The second-order valence-electron chi connectivity index (χ2n) is 4.73. The second kappa shape index (κ2) is 6.05. The monoisotopic (exact) mass is 334 g/mol. The van der Waals surface area contributed by atoms with Crippen molar-refractivity contribution in [1.82, 2.24) is 0 Å². The fraction of sp³-hybridized carbons (Fsp3) is 0.200. The van der Waals surface area contributed by atoms with Gasteiger partial charge >= 0.3 is 0 Å². The molecular formula is C15H15BrN2O2. The Balaban J connectivity index is 2.14. The predicted octanol–water partition coefficient (Wildman–Crippen LogP) is 4.84. The molecule has 2 aromatic carbocycles. The molecule has 1 N–H and O–H groups in total. The molecule has 0 spiro atoms. The van der Waals surface area contributed by atoms with Crippen LogP contribution in [-0.4, -0.2) is 4.92 Å². The summed E-state index contributed by atoms with van der Waals surface area (Å²) in [4.78, 5) is 10.2. The first-order valence-corrected chi connectivity index (χ1v) is 7.03. The van der Waals surface area contributed by atoms with Crippen LogP contribution in [0.1, 0.15) is 24.1 Å². The molecule has 2 rings (SSSR count). The Kier molecular flexibility index (Phi) is 4.39. The smallest absolute Gasteiger partial charge is 0.269 e. The number of nitro groups is 1. The molecule has 0 radical (unpaired) electrons. The minimum atomic E-state index is -0.389. The van der Waals surface area contributed by atoms with E-state index in [0.717, 1.165) is 21.3 Å². The number of benzene rings is 2. The molecular weight excluding hydrogens is 320 g/mol. The lowest BCUT2D eigenvalue weighted by atomic mass is 10.1. The fourth-order valence-electron chi connectivity index (χ4n) is 2.04. The summed E-state index contributed by atoms with van der Waals surface area (Å²) >= 11 is 3.47. The van der Waals surface area contributed by atoms with Crippen LogP contribution in [-0.2, 0) is 0 Å². The van der Waals surface area contributed by atoms with Gasteiger partial charge in [0.25, 0.3) is 5.69 Å². The Morgan fingerprint density at radius 1 is 1.20 bits per heavy atom. The van der Waals surface area contributed by atoms with Crippen molar-refractivity contribution < 1.29 is 4.92 Å². The van der Waals surface area contributed by atoms with E-state index >= 15 is 0 Å². The third-order valence-electron chi connectivity index (χ3n) is 3.03. The Labute approximate surface area is 126 Å². The van der Waals surface area contributed by atoms with E-state index in [9.17, 15) is 10.1 Å². The lowest BCUT2D eigenvalue weighted by Crippen LogP contribution is -2.06. The number of hydrogen-bond acceptors (Lipinski definition) is 3. The van der Waals surface area contributed by atoms with Gasteiger partial charge in [-0.15, -0.1) is 0 Å². The quantitative estimate of drug-likeness (QED) is 0.642. The molecule has 0 amide bonds. The first-order chi connectivity index (χ1) is 9.45. The van der Waals surface area contributed by atoms with Crippen LogP contribution in [0, 0.1) is 17.0 Å². The summed E-state index contributed by atoms with van der Waals surface area (Å²) in [5, 5.41) is 14.0. The van der Waals surface area contributed by atoms with Gasteiger partial charge in [0.1, 0.15) is 0 Å². The number of halogens is 1. The molecule has 104 valence electrons. The SMILES string of the molecule is Cc1cc(Br)cc(NC(C)c2ccc([N+](=O)[O-])cc2)c1. The zero-order chi connectivity index (χ0) is 14.7. The maximum Gasteiger partial charge on any atom is 0.269 e. The number of aryl methyl sites for hydroxylation is 1. The van der Waals surface area contributed by atoms with Crippen molar-refractivity contribution in [2.45, 2.75) is 19.9 Å². The summed E-state index contributed by atoms with van der Waals surface area (Å²) in [6.45, 7) is 4.06. The van der Waals surface area contributed by atoms with Crippen LogP contribution >= 0.6 is 15.9 Å². The summed E-state index contributed by atoms with van der Waals surface area (Å²) < 4.78 is 1.02. The van der Waals surface area contributed by atoms with Crippen LogP contribution < -0.4 is 5.32 Å². The molecule has 0 saturated heterocycles. The summed E-state index contributed by atoms with van der Waals surface area (Å²) in [5.74, 6) is 0. The highest BCUT2D eigenvalue weighted by atomic mass is 79.9. The molecule has 0 fully saturated rings. The van der Waals surface area contributed by atoms with Crippen molar-refractivity contribution in [3.8, 4) is 0 Å². The molecule has 4 nitrogen and oxygen atoms in total. The van der Waals surface area contributed by atoms with Crippen molar-refractivity contribution in [3.63, 3.8) is 0 Å². The number of anilines is 1. The van der Waals surface area contributed by atoms with Crippen LogP contribution in [0.4, 0.5) is 11.4 Å². The number of nitro benzene ring substituents is 1. The average Bonchev–Trinajstić information content (AvgIpc) is 2.37. The maximum atomic E-state index is 10.6.